The summed E-state index contributed by atoms with van der Waals surface area (Å²) in [6.45, 7) is 6.79. The van der Waals surface area contributed by atoms with E-state index in [1.54, 1.807) is 0 Å². The van der Waals surface area contributed by atoms with Crippen LogP contribution in [0.1, 0.15) is 39.5 Å². The SMILES string of the molecule is CCC1CCC(=O)C(CN2CC(C)OC(CO)C2)C1. The third-order valence-electron chi connectivity index (χ3n) is 4.53. The lowest BCUT2D eigenvalue weighted by atomic mass is 9.79. The summed E-state index contributed by atoms with van der Waals surface area (Å²) in [6.07, 6.45) is 4.11. The third-order valence-corrected chi connectivity index (χ3v) is 4.53. The number of nitrogens with zero attached hydrogens (tertiary/aromatic N) is 1. The molecule has 4 atom stereocenters. The fourth-order valence-corrected chi connectivity index (χ4v) is 3.45. The number of carbonyl (C=O) groups excluding carboxylic acids is 1. The minimum Gasteiger partial charge on any atom is -0.394 e. The van der Waals surface area contributed by atoms with Gasteiger partial charge < -0.3 is 9.84 Å². The van der Waals surface area contributed by atoms with E-state index in [0.29, 0.717) is 5.78 Å². The largest absolute Gasteiger partial charge is 0.394 e. The number of Topliss-reactive ketones (excluding diaryl/α,β-unsaturated/α-hetero) is 1. The zero-order chi connectivity index (χ0) is 13.8. The minimum atomic E-state index is -0.0931. The van der Waals surface area contributed by atoms with E-state index >= 15 is 0 Å². The van der Waals surface area contributed by atoms with Gasteiger partial charge in [0.25, 0.3) is 0 Å². The van der Waals surface area contributed by atoms with Crippen LogP contribution in [-0.2, 0) is 9.53 Å². The van der Waals surface area contributed by atoms with Gasteiger partial charge in [0.2, 0.25) is 0 Å². The number of rotatable bonds is 4. The topological polar surface area (TPSA) is 49.8 Å². The number of ether oxygens (including phenoxy) is 1. The highest BCUT2D eigenvalue weighted by molar-refractivity contribution is 5.81. The van der Waals surface area contributed by atoms with E-state index in [0.717, 1.165) is 44.8 Å². The van der Waals surface area contributed by atoms with Gasteiger partial charge in [0.1, 0.15) is 5.78 Å². The summed E-state index contributed by atoms with van der Waals surface area (Å²) in [5, 5.41) is 9.25. The fraction of sp³-hybridized carbons (Fsp3) is 0.933. The van der Waals surface area contributed by atoms with Crippen LogP contribution in [0.15, 0.2) is 0 Å². The molecule has 0 aromatic heterocycles. The highest BCUT2D eigenvalue weighted by atomic mass is 16.5. The Bertz CT molecular complexity index is 308. The molecule has 4 nitrogen and oxygen atoms in total. The van der Waals surface area contributed by atoms with E-state index in [9.17, 15) is 9.90 Å². The van der Waals surface area contributed by atoms with Crippen molar-refractivity contribution in [3.05, 3.63) is 0 Å². The smallest absolute Gasteiger partial charge is 0.137 e. The van der Waals surface area contributed by atoms with Crippen molar-refractivity contribution < 1.29 is 14.6 Å². The average molecular weight is 269 g/mol. The van der Waals surface area contributed by atoms with Gasteiger partial charge in [-0.3, -0.25) is 9.69 Å². The first-order chi connectivity index (χ1) is 9.12. The maximum atomic E-state index is 12.1. The lowest BCUT2D eigenvalue weighted by Gasteiger charge is -2.39. The number of aliphatic hydroxyl groups is 1. The monoisotopic (exact) mass is 269 g/mol. The molecule has 4 unspecified atom stereocenters. The summed E-state index contributed by atoms with van der Waals surface area (Å²) in [4.78, 5) is 14.4. The molecule has 4 heteroatoms. The Kier molecular flexibility index (Phi) is 5.37. The van der Waals surface area contributed by atoms with Crippen molar-refractivity contribution in [2.45, 2.75) is 51.7 Å². The molecule has 1 N–H and O–H groups in total. The number of hydrogen-bond donors (Lipinski definition) is 1. The maximum Gasteiger partial charge on any atom is 0.137 e. The minimum absolute atomic E-state index is 0.0665. The predicted molar refractivity (Wildman–Crippen MR) is 74.0 cm³/mol. The van der Waals surface area contributed by atoms with E-state index in [1.165, 1.54) is 6.42 Å². The number of hydrogen-bond acceptors (Lipinski definition) is 4. The second-order valence-electron chi connectivity index (χ2n) is 6.18. The molecule has 0 radical (unpaired) electrons. The molecule has 0 aromatic rings. The van der Waals surface area contributed by atoms with Gasteiger partial charge in [-0.2, -0.15) is 0 Å². The van der Waals surface area contributed by atoms with Crippen molar-refractivity contribution in [2.24, 2.45) is 11.8 Å². The van der Waals surface area contributed by atoms with E-state index in [1.807, 2.05) is 6.92 Å². The summed E-state index contributed by atoms with van der Waals surface area (Å²) in [7, 11) is 0. The Morgan fingerprint density at radius 1 is 1.42 bits per heavy atom. The molecule has 1 saturated heterocycles. The number of ketones is 1. The summed E-state index contributed by atoms with van der Waals surface area (Å²) < 4.78 is 5.65. The summed E-state index contributed by atoms with van der Waals surface area (Å²) >= 11 is 0. The van der Waals surface area contributed by atoms with Gasteiger partial charge in [-0.05, 0) is 25.7 Å². The molecule has 1 aliphatic carbocycles. The fourth-order valence-electron chi connectivity index (χ4n) is 3.45. The van der Waals surface area contributed by atoms with Gasteiger partial charge in [0, 0.05) is 32.0 Å². The molecule has 0 amide bonds. The molecule has 0 bridgehead atoms. The van der Waals surface area contributed by atoms with Crippen LogP contribution in [0, 0.1) is 11.8 Å². The Balaban J connectivity index is 1.89. The zero-order valence-corrected chi connectivity index (χ0v) is 12.2. The zero-order valence-electron chi connectivity index (χ0n) is 12.2. The Morgan fingerprint density at radius 3 is 2.89 bits per heavy atom. The van der Waals surface area contributed by atoms with Crippen LogP contribution in [0.4, 0.5) is 0 Å². The van der Waals surface area contributed by atoms with Crippen molar-refractivity contribution in [1.29, 1.82) is 0 Å². The Hall–Kier alpha value is -0.450. The van der Waals surface area contributed by atoms with Crippen LogP contribution < -0.4 is 0 Å². The second-order valence-corrected chi connectivity index (χ2v) is 6.18. The van der Waals surface area contributed by atoms with Gasteiger partial charge in [-0.1, -0.05) is 13.3 Å². The molecule has 1 aliphatic heterocycles. The van der Waals surface area contributed by atoms with Crippen LogP contribution >= 0.6 is 0 Å². The average Bonchev–Trinajstić information content (AvgIpc) is 2.40. The van der Waals surface area contributed by atoms with E-state index in [-0.39, 0.29) is 24.7 Å². The van der Waals surface area contributed by atoms with Crippen molar-refractivity contribution in [1.82, 2.24) is 4.90 Å². The molecular weight excluding hydrogens is 242 g/mol. The van der Waals surface area contributed by atoms with Crippen LogP contribution in [-0.4, -0.2) is 54.2 Å². The van der Waals surface area contributed by atoms with Crippen molar-refractivity contribution in [3.63, 3.8) is 0 Å². The van der Waals surface area contributed by atoms with Crippen LogP contribution in [0.5, 0.6) is 0 Å². The van der Waals surface area contributed by atoms with Crippen molar-refractivity contribution in [2.75, 3.05) is 26.2 Å². The summed E-state index contributed by atoms with van der Waals surface area (Å²) in [5.41, 5.74) is 0. The third kappa shape index (κ3) is 4.01. The standard InChI is InChI=1S/C15H27NO3/c1-3-12-4-5-15(18)13(6-12)8-16-7-11(2)19-14(9-16)10-17/h11-14,17H,3-10H2,1-2H3. The quantitative estimate of drug-likeness (QED) is 0.839. The van der Waals surface area contributed by atoms with E-state index < -0.39 is 0 Å². The van der Waals surface area contributed by atoms with Gasteiger partial charge in [-0.25, -0.2) is 0 Å². The molecular formula is C15H27NO3. The maximum absolute atomic E-state index is 12.1. The highest BCUT2D eigenvalue weighted by Crippen LogP contribution is 2.29. The first kappa shape index (κ1) is 14.9. The number of morpholine rings is 1. The Morgan fingerprint density at radius 2 is 2.21 bits per heavy atom. The van der Waals surface area contributed by atoms with Gasteiger partial charge in [-0.15, -0.1) is 0 Å². The predicted octanol–water partition coefficient (Wildman–Crippen LogP) is 1.46. The molecule has 0 spiro atoms. The first-order valence-corrected chi connectivity index (χ1v) is 7.63. The van der Waals surface area contributed by atoms with Gasteiger partial charge in [0.05, 0.1) is 18.8 Å². The van der Waals surface area contributed by atoms with Gasteiger partial charge >= 0.3 is 0 Å². The van der Waals surface area contributed by atoms with Crippen molar-refractivity contribution in [3.8, 4) is 0 Å². The van der Waals surface area contributed by atoms with E-state index in [4.69, 9.17) is 4.74 Å². The van der Waals surface area contributed by atoms with Crippen molar-refractivity contribution >= 4 is 5.78 Å². The molecule has 2 rings (SSSR count). The summed E-state index contributed by atoms with van der Waals surface area (Å²) in [6, 6.07) is 0. The van der Waals surface area contributed by atoms with Crippen LogP contribution in [0.25, 0.3) is 0 Å². The summed E-state index contributed by atoms with van der Waals surface area (Å²) in [5.74, 6) is 1.35. The molecule has 2 fully saturated rings. The Labute approximate surface area is 116 Å². The molecule has 1 saturated carbocycles. The second kappa shape index (κ2) is 6.82. The highest BCUT2D eigenvalue weighted by Gasteiger charge is 2.32. The normalized spacial score (nSPS) is 37.5. The lowest BCUT2D eigenvalue weighted by molar-refractivity contribution is -0.129. The van der Waals surface area contributed by atoms with Crippen LogP contribution in [0.3, 0.4) is 0 Å². The molecule has 110 valence electrons. The molecule has 1 heterocycles. The number of aliphatic hydroxyl groups excluding tert-OH is 1. The lowest BCUT2D eigenvalue weighted by Crippen LogP contribution is -2.50. The molecule has 2 aliphatic rings. The van der Waals surface area contributed by atoms with E-state index in [2.05, 4.69) is 11.8 Å². The number of carbonyl (C=O) groups is 1. The van der Waals surface area contributed by atoms with Crippen LogP contribution in [0.2, 0.25) is 0 Å². The molecule has 0 aromatic carbocycles. The van der Waals surface area contributed by atoms with Gasteiger partial charge in [0.15, 0.2) is 0 Å². The molecule has 19 heavy (non-hydrogen) atoms. The first-order valence-electron chi connectivity index (χ1n) is 7.63.